The van der Waals surface area contributed by atoms with Crippen molar-refractivity contribution in [2.24, 2.45) is 0 Å². The number of amides is 1. The topological polar surface area (TPSA) is 66.0 Å². The van der Waals surface area contributed by atoms with Gasteiger partial charge in [0.05, 0.1) is 17.9 Å². The third-order valence-corrected chi connectivity index (χ3v) is 7.71. The van der Waals surface area contributed by atoms with E-state index in [-0.39, 0.29) is 23.4 Å². The third kappa shape index (κ3) is 5.60. The van der Waals surface area contributed by atoms with E-state index in [9.17, 15) is 4.79 Å². The van der Waals surface area contributed by atoms with Crippen LogP contribution in [0, 0.1) is 0 Å². The van der Waals surface area contributed by atoms with Gasteiger partial charge in [-0.15, -0.1) is 11.8 Å². The number of thioether (sulfide) groups is 1. The fraction of sp³-hybridized carbons (Fsp3) is 0.321. The first-order valence-electron chi connectivity index (χ1n) is 11.7. The summed E-state index contributed by atoms with van der Waals surface area (Å²) in [7, 11) is 1.60. The summed E-state index contributed by atoms with van der Waals surface area (Å²) in [6, 6.07) is 28.9. The zero-order valence-electron chi connectivity index (χ0n) is 19.5. The molecule has 2 fully saturated rings. The molecule has 6 nitrogen and oxygen atoms in total. The van der Waals surface area contributed by atoms with Crippen molar-refractivity contribution in [3.8, 4) is 0 Å². The minimum Gasteiger partial charge on any atom is -0.354 e. The molecule has 3 aromatic rings. The smallest absolute Gasteiger partial charge is 0.251 e. The number of methoxy groups -OCH3 is 1. The Bertz CT molecular complexity index is 1080. The Morgan fingerprint density at radius 3 is 2.29 bits per heavy atom. The predicted octanol–water partition coefficient (Wildman–Crippen LogP) is 4.57. The van der Waals surface area contributed by atoms with Crippen molar-refractivity contribution in [2.45, 2.75) is 41.8 Å². The number of hydrogen-bond donors (Lipinski definition) is 1. The summed E-state index contributed by atoms with van der Waals surface area (Å²) in [6.07, 6.45) is -1.73. The molecule has 1 amide bonds. The molecule has 182 valence electrons. The van der Waals surface area contributed by atoms with Crippen molar-refractivity contribution in [1.29, 1.82) is 0 Å². The molecule has 2 aliphatic rings. The van der Waals surface area contributed by atoms with E-state index in [1.54, 1.807) is 31.0 Å². The highest BCUT2D eigenvalue weighted by molar-refractivity contribution is 7.99. The van der Waals surface area contributed by atoms with Crippen LogP contribution in [0.25, 0.3) is 0 Å². The van der Waals surface area contributed by atoms with Crippen LogP contribution in [-0.2, 0) is 24.7 Å². The number of carbonyl (C=O) groups is 1. The molecule has 2 heterocycles. The second-order valence-corrected chi connectivity index (χ2v) is 9.75. The lowest BCUT2D eigenvalue weighted by molar-refractivity contribution is -0.316. The largest absolute Gasteiger partial charge is 0.354 e. The number of carbonyl (C=O) groups excluding carboxylic acids is 1. The summed E-state index contributed by atoms with van der Waals surface area (Å²) >= 11 is 1.74. The maximum Gasteiger partial charge on any atom is 0.251 e. The van der Waals surface area contributed by atoms with E-state index in [0.717, 1.165) is 11.3 Å². The third-order valence-electron chi connectivity index (χ3n) is 6.26. The van der Waals surface area contributed by atoms with Gasteiger partial charge in [0.1, 0.15) is 12.2 Å². The first-order chi connectivity index (χ1) is 17.2. The molecule has 7 heteroatoms. The van der Waals surface area contributed by atoms with Crippen LogP contribution in [-0.4, -0.2) is 49.4 Å². The van der Waals surface area contributed by atoms with Gasteiger partial charge in [-0.2, -0.15) is 0 Å². The van der Waals surface area contributed by atoms with Gasteiger partial charge >= 0.3 is 0 Å². The lowest BCUT2D eigenvalue weighted by Crippen LogP contribution is -2.65. The molecular weight excluding hydrogens is 462 g/mol. The fourth-order valence-electron chi connectivity index (χ4n) is 4.50. The molecule has 0 bridgehead atoms. The number of benzene rings is 3. The summed E-state index contributed by atoms with van der Waals surface area (Å²) in [4.78, 5) is 13.1. The van der Waals surface area contributed by atoms with Crippen LogP contribution in [0.3, 0.4) is 0 Å². The summed E-state index contributed by atoms with van der Waals surface area (Å²) in [5.74, 6) is 0.597. The molecule has 6 atom stereocenters. The van der Waals surface area contributed by atoms with Gasteiger partial charge in [-0.1, -0.05) is 78.9 Å². The van der Waals surface area contributed by atoms with E-state index in [2.05, 4.69) is 17.4 Å². The van der Waals surface area contributed by atoms with Crippen molar-refractivity contribution in [1.82, 2.24) is 5.32 Å². The molecule has 1 N–H and O–H groups in total. The Labute approximate surface area is 209 Å². The maximum atomic E-state index is 13.1. The van der Waals surface area contributed by atoms with E-state index < -0.39 is 18.6 Å². The van der Waals surface area contributed by atoms with E-state index in [1.165, 1.54) is 5.56 Å². The second-order valence-electron chi connectivity index (χ2n) is 8.58. The Morgan fingerprint density at radius 2 is 1.60 bits per heavy atom. The average molecular weight is 492 g/mol. The standard InChI is InChI=1S/C28H29NO5S/c1-31-28-23(29-26(30)20-13-7-3-8-14-20)25(35-18-19-11-5-2-6-12-19)24-22(33-28)17-32-27(34-24)21-15-9-4-10-16-21/h2-16,22-25,27-28H,17-18H2,1H3,(H,29,30)/t22-,23-,24-,25+,27?,28-/m0/s1. The zero-order valence-corrected chi connectivity index (χ0v) is 20.3. The lowest BCUT2D eigenvalue weighted by atomic mass is 9.98. The number of fused-ring (bicyclic) bond motifs is 1. The van der Waals surface area contributed by atoms with E-state index in [1.807, 2.05) is 66.7 Å². The van der Waals surface area contributed by atoms with Gasteiger partial charge < -0.3 is 24.3 Å². The molecule has 1 unspecified atom stereocenters. The molecule has 5 rings (SSSR count). The highest BCUT2D eigenvalue weighted by atomic mass is 32.2. The molecule has 2 saturated heterocycles. The second kappa shape index (κ2) is 11.4. The first kappa shape index (κ1) is 24.0. The van der Waals surface area contributed by atoms with Crippen LogP contribution in [0.15, 0.2) is 91.0 Å². The van der Waals surface area contributed by atoms with Crippen molar-refractivity contribution < 1.29 is 23.7 Å². The molecule has 0 aromatic heterocycles. The minimum atomic E-state index is -0.627. The summed E-state index contributed by atoms with van der Waals surface area (Å²) in [6.45, 7) is 0.381. The molecular formula is C28H29NO5S. The summed E-state index contributed by atoms with van der Waals surface area (Å²) in [5.41, 5.74) is 2.75. The fourth-order valence-corrected chi connectivity index (χ4v) is 5.91. The van der Waals surface area contributed by atoms with Gasteiger partial charge in [0.2, 0.25) is 0 Å². The van der Waals surface area contributed by atoms with E-state index in [4.69, 9.17) is 18.9 Å². The normalized spacial score (nSPS) is 28.1. The van der Waals surface area contributed by atoms with Crippen LogP contribution in [0.5, 0.6) is 0 Å². The summed E-state index contributed by atoms with van der Waals surface area (Å²) in [5, 5.41) is 3.06. The Hall–Kier alpha value is -2.68. The first-order valence-corrected chi connectivity index (χ1v) is 12.8. The van der Waals surface area contributed by atoms with Crippen LogP contribution < -0.4 is 5.32 Å². The highest BCUT2D eigenvalue weighted by Gasteiger charge is 2.50. The molecule has 2 aliphatic heterocycles. The van der Waals surface area contributed by atoms with Crippen LogP contribution in [0.4, 0.5) is 0 Å². The van der Waals surface area contributed by atoms with E-state index in [0.29, 0.717) is 12.2 Å². The van der Waals surface area contributed by atoms with Gasteiger partial charge in [-0.3, -0.25) is 4.79 Å². The van der Waals surface area contributed by atoms with Gasteiger partial charge in [-0.25, -0.2) is 0 Å². The Morgan fingerprint density at radius 1 is 0.943 bits per heavy atom. The molecule has 0 saturated carbocycles. The lowest BCUT2D eigenvalue weighted by Gasteiger charge is -2.49. The van der Waals surface area contributed by atoms with Crippen molar-refractivity contribution in [3.05, 3.63) is 108 Å². The quantitative estimate of drug-likeness (QED) is 0.522. The zero-order chi connectivity index (χ0) is 24.0. The van der Waals surface area contributed by atoms with Crippen molar-refractivity contribution in [3.63, 3.8) is 0 Å². The molecule has 0 spiro atoms. The van der Waals surface area contributed by atoms with Gasteiger partial charge in [0.25, 0.3) is 5.91 Å². The SMILES string of the molecule is CO[C@H]1O[C@H]2COC(c3ccccc3)O[C@@H]2[C@H](SCc2ccccc2)[C@@H]1NC(=O)c1ccccc1. The van der Waals surface area contributed by atoms with E-state index >= 15 is 0 Å². The minimum absolute atomic E-state index is 0.123. The number of nitrogens with one attached hydrogen (secondary N) is 1. The summed E-state index contributed by atoms with van der Waals surface area (Å²) < 4.78 is 24.5. The highest BCUT2D eigenvalue weighted by Crippen LogP contribution is 2.40. The Kier molecular flexibility index (Phi) is 7.81. The maximum absolute atomic E-state index is 13.1. The Balaban J connectivity index is 1.42. The number of hydrogen-bond acceptors (Lipinski definition) is 6. The van der Waals surface area contributed by atoms with Gasteiger partial charge in [0, 0.05) is 24.0 Å². The molecule has 0 aliphatic carbocycles. The monoisotopic (exact) mass is 491 g/mol. The van der Waals surface area contributed by atoms with Crippen LogP contribution in [0.2, 0.25) is 0 Å². The molecule has 3 aromatic carbocycles. The number of ether oxygens (including phenoxy) is 4. The van der Waals surface area contributed by atoms with Crippen LogP contribution >= 0.6 is 11.8 Å². The van der Waals surface area contributed by atoms with Crippen molar-refractivity contribution in [2.75, 3.05) is 13.7 Å². The number of rotatable bonds is 7. The van der Waals surface area contributed by atoms with Gasteiger partial charge in [0.15, 0.2) is 12.6 Å². The van der Waals surface area contributed by atoms with Gasteiger partial charge in [-0.05, 0) is 17.7 Å². The average Bonchev–Trinajstić information content (AvgIpc) is 2.93. The molecule has 0 radical (unpaired) electrons. The van der Waals surface area contributed by atoms with Crippen molar-refractivity contribution >= 4 is 17.7 Å². The molecule has 35 heavy (non-hydrogen) atoms. The predicted molar refractivity (Wildman–Crippen MR) is 135 cm³/mol. The van der Waals surface area contributed by atoms with Crippen LogP contribution in [0.1, 0.15) is 27.8 Å².